The number of unbranched alkanes of at least 4 members (excludes halogenated alkanes) is 6. The van der Waals surface area contributed by atoms with Crippen molar-refractivity contribution >= 4 is 22.8 Å². The van der Waals surface area contributed by atoms with Crippen LogP contribution in [0.25, 0.3) is 10.9 Å². The van der Waals surface area contributed by atoms with Gasteiger partial charge in [-0.25, -0.2) is 0 Å². The molecule has 0 radical (unpaired) electrons. The summed E-state index contributed by atoms with van der Waals surface area (Å²) >= 11 is 0. The van der Waals surface area contributed by atoms with Crippen LogP contribution in [-0.4, -0.2) is 23.6 Å². The highest BCUT2D eigenvalue weighted by atomic mass is 16.5. The lowest BCUT2D eigenvalue weighted by molar-refractivity contribution is -0.144. The molecule has 0 amide bonds. The van der Waals surface area contributed by atoms with Crippen LogP contribution in [0.15, 0.2) is 54.7 Å². The van der Waals surface area contributed by atoms with Crippen molar-refractivity contribution in [2.24, 2.45) is 0 Å². The molecule has 3 aromatic rings. The van der Waals surface area contributed by atoms with E-state index in [4.69, 9.17) is 9.47 Å². The van der Waals surface area contributed by atoms with E-state index in [0.717, 1.165) is 34.9 Å². The van der Waals surface area contributed by atoms with Gasteiger partial charge in [-0.3, -0.25) is 14.2 Å². The maximum absolute atomic E-state index is 13.0. The Morgan fingerprint density at radius 2 is 1.64 bits per heavy atom. The molecule has 5 heteroatoms. The number of aromatic nitrogens is 1. The Bertz CT molecular complexity index is 1040. The predicted octanol–water partition coefficient (Wildman–Crippen LogP) is 6.72. The number of carbonyl (C=O) groups excluding carboxylic acids is 2. The fraction of sp³-hybridized carbons (Fsp3) is 0.429. The zero-order chi connectivity index (χ0) is 23.5. The van der Waals surface area contributed by atoms with Gasteiger partial charge in [-0.15, -0.1) is 0 Å². The van der Waals surface area contributed by atoms with Crippen molar-refractivity contribution in [2.75, 3.05) is 7.11 Å². The minimum Gasteiger partial charge on any atom is -0.497 e. The molecule has 33 heavy (non-hydrogen) atoms. The normalized spacial score (nSPS) is 11.0. The first-order chi connectivity index (χ1) is 16.1. The largest absolute Gasteiger partial charge is 0.497 e. The lowest BCUT2D eigenvalue weighted by Gasteiger charge is -2.05. The first-order valence-electron chi connectivity index (χ1n) is 12.0. The third-order valence-electron chi connectivity index (χ3n) is 5.93. The van der Waals surface area contributed by atoms with Crippen LogP contribution in [-0.2, 0) is 22.6 Å². The molecule has 2 aromatic carbocycles. The third kappa shape index (κ3) is 7.21. The van der Waals surface area contributed by atoms with E-state index in [9.17, 15) is 9.59 Å². The van der Waals surface area contributed by atoms with Crippen molar-refractivity contribution < 1.29 is 19.1 Å². The molecule has 0 unspecified atom stereocenters. The minimum absolute atomic E-state index is 0.0580. The summed E-state index contributed by atoms with van der Waals surface area (Å²) in [6.07, 6.45) is 10.6. The van der Waals surface area contributed by atoms with Crippen molar-refractivity contribution in [2.45, 2.75) is 71.3 Å². The van der Waals surface area contributed by atoms with E-state index in [-0.39, 0.29) is 24.9 Å². The molecule has 0 bridgehead atoms. The molecule has 176 valence electrons. The zero-order valence-electron chi connectivity index (χ0n) is 19.8. The van der Waals surface area contributed by atoms with E-state index in [2.05, 4.69) is 6.92 Å². The number of carbonyl (C=O) groups is 2. The summed E-state index contributed by atoms with van der Waals surface area (Å²) in [6.45, 7) is 2.45. The standard InChI is InChI=1S/C28H35NO4/c1-3-4-5-6-7-8-12-15-27(30)29-20-23(25-19-24(32-2)16-17-26(25)29)18-28(31)33-21-22-13-10-9-11-14-22/h9-11,13-14,16-17,19-20H,3-8,12,15,18,21H2,1-2H3. The SMILES string of the molecule is CCCCCCCCCC(=O)n1cc(CC(=O)OCc2ccccc2)c2cc(OC)ccc21. The van der Waals surface area contributed by atoms with Gasteiger partial charge in [0.25, 0.3) is 0 Å². The van der Waals surface area contributed by atoms with Crippen molar-refractivity contribution in [3.63, 3.8) is 0 Å². The molecule has 0 saturated carbocycles. The molecule has 0 aliphatic heterocycles. The Balaban J connectivity index is 1.65. The minimum atomic E-state index is -0.319. The van der Waals surface area contributed by atoms with Gasteiger partial charge in [-0.1, -0.05) is 75.8 Å². The highest BCUT2D eigenvalue weighted by Crippen LogP contribution is 2.27. The molecule has 0 N–H and O–H groups in total. The number of hydrogen-bond donors (Lipinski definition) is 0. The lowest BCUT2D eigenvalue weighted by atomic mass is 10.1. The van der Waals surface area contributed by atoms with Gasteiger partial charge in [0.2, 0.25) is 5.91 Å². The van der Waals surface area contributed by atoms with E-state index in [1.54, 1.807) is 17.9 Å². The average molecular weight is 450 g/mol. The Kier molecular flexibility index (Phi) is 9.55. The Morgan fingerprint density at radius 3 is 2.36 bits per heavy atom. The van der Waals surface area contributed by atoms with E-state index in [1.165, 1.54) is 32.1 Å². The summed E-state index contributed by atoms with van der Waals surface area (Å²) < 4.78 is 12.5. The smallest absolute Gasteiger partial charge is 0.310 e. The van der Waals surface area contributed by atoms with Gasteiger partial charge in [0.15, 0.2) is 0 Å². The molecular formula is C28H35NO4. The number of benzene rings is 2. The molecule has 3 rings (SSSR count). The average Bonchev–Trinajstić information content (AvgIpc) is 3.20. The summed E-state index contributed by atoms with van der Waals surface area (Å²) in [4.78, 5) is 25.5. The Hall–Kier alpha value is -3.08. The molecule has 1 heterocycles. The van der Waals surface area contributed by atoms with Crippen molar-refractivity contribution in [3.05, 3.63) is 65.9 Å². The van der Waals surface area contributed by atoms with Gasteiger partial charge in [0.1, 0.15) is 12.4 Å². The van der Waals surface area contributed by atoms with Gasteiger partial charge in [0.05, 0.1) is 19.0 Å². The van der Waals surface area contributed by atoms with Crippen LogP contribution in [0.5, 0.6) is 5.75 Å². The number of rotatable bonds is 13. The van der Waals surface area contributed by atoms with Crippen LogP contribution >= 0.6 is 0 Å². The van der Waals surface area contributed by atoms with Gasteiger partial charge in [0, 0.05) is 18.0 Å². The monoisotopic (exact) mass is 449 g/mol. The highest BCUT2D eigenvalue weighted by Gasteiger charge is 2.17. The summed E-state index contributed by atoms with van der Waals surface area (Å²) in [7, 11) is 1.61. The van der Waals surface area contributed by atoms with Crippen molar-refractivity contribution in [3.8, 4) is 5.75 Å². The van der Waals surface area contributed by atoms with E-state index in [1.807, 2.05) is 48.5 Å². The summed E-state index contributed by atoms with van der Waals surface area (Å²) in [6, 6.07) is 15.2. The quantitative estimate of drug-likeness (QED) is 0.215. The van der Waals surface area contributed by atoms with Crippen molar-refractivity contribution in [1.82, 2.24) is 4.57 Å². The third-order valence-corrected chi connectivity index (χ3v) is 5.93. The van der Waals surface area contributed by atoms with Gasteiger partial charge in [-0.05, 0) is 35.7 Å². The van der Waals surface area contributed by atoms with E-state index >= 15 is 0 Å². The number of esters is 1. The molecule has 0 saturated heterocycles. The maximum atomic E-state index is 13.0. The van der Waals surface area contributed by atoms with Crippen molar-refractivity contribution in [1.29, 1.82) is 0 Å². The van der Waals surface area contributed by atoms with E-state index in [0.29, 0.717) is 12.2 Å². The number of ether oxygens (including phenoxy) is 2. The van der Waals surface area contributed by atoms with Crippen LogP contribution in [0.1, 0.15) is 74.2 Å². The van der Waals surface area contributed by atoms with Crippen LogP contribution in [0.2, 0.25) is 0 Å². The topological polar surface area (TPSA) is 57.5 Å². The Labute approximate surface area is 196 Å². The van der Waals surface area contributed by atoms with E-state index < -0.39 is 0 Å². The molecule has 0 atom stereocenters. The molecule has 0 aliphatic rings. The first kappa shape index (κ1) is 24.6. The second-order valence-electron chi connectivity index (χ2n) is 8.50. The fourth-order valence-electron chi connectivity index (χ4n) is 4.05. The second kappa shape index (κ2) is 12.8. The number of hydrogen-bond acceptors (Lipinski definition) is 4. The first-order valence-corrected chi connectivity index (χ1v) is 12.0. The number of methoxy groups -OCH3 is 1. The molecular weight excluding hydrogens is 414 g/mol. The Morgan fingerprint density at radius 1 is 0.909 bits per heavy atom. The van der Waals surface area contributed by atoms with Crippen LogP contribution < -0.4 is 4.74 Å². The van der Waals surface area contributed by atoms with Crippen LogP contribution in [0.3, 0.4) is 0 Å². The summed E-state index contributed by atoms with van der Waals surface area (Å²) in [5.41, 5.74) is 2.52. The summed E-state index contributed by atoms with van der Waals surface area (Å²) in [5, 5.41) is 0.846. The fourth-order valence-corrected chi connectivity index (χ4v) is 4.05. The van der Waals surface area contributed by atoms with Crippen LogP contribution in [0.4, 0.5) is 0 Å². The lowest BCUT2D eigenvalue weighted by Crippen LogP contribution is -2.10. The molecule has 1 aromatic heterocycles. The second-order valence-corrected chi connectivity index (χ2v) is 8.50. The van der Waals surface area contributed by atoms with Crippen LogP contribution in [0, 0.1) is 0 Å². The number of fused-ring (bicyclic) bond motifs is 1. The number of nitrogens with zero attached hydrogens (tertiary/aromatic N) is 1. The zero-order valence-corrected chi connectivity index (χ0v) is 19.8. The maximum Gasteiger partial charge on any atom is 0.310 e. The van der Waals surface area contributed by atoms with Gasteiger partial charge < -0.3 is 9.47 Å². The van der Waals surface area contributed by atoms with Gasteiger partial charge in [-0.2, -0.15) is 0 Å². The molecule has 0 spiro atoms. The van der Waals surface area contributed by atoms with Gasteiger partial charge >= 0.3 is 5.97 Å². The highest BCUT2D eigenvalue weighted by molar-refractivity contribution is 5.96. The summed E-state index contributed by atoms with van der Waals surface area (Å²) in [5.74, 6) is 0.432. The molecule has 0 fully saturated rings. The predicted molar refractivity (Wildman–Crippen MR) is 132 cm³/mol. The molecule has 5 nitrogen and oxygen atoms in total. The molecule has 0 aliphatic carbocycles.